The van der Waals surface area contributed by atoms with Gasteiger partial charge < -0.3 is 19.5 Å². The molecule has 0 saturated heterocycles. The van der Waals surface area contributed by atoms with Gasteiger partial charge in [-0.05, 0) is 79.5 Å². The summed E-state index contributed by atoms with van der Waals surface area (Å²) in [6.07, 6.45) is 5.79. The highest BCUT2D eigenvalue weighted by Gasteiger charge is 2.30. The van der Waals surface area contributed by atoms with E-state index in [1.807, 2.05) is 49.4 Å². The van der Waals surface area contributed by atoms with Crippen molar-refractivity contribution in [2.75, 3.05) is 13.4 Å². The number of para-hydroxylation sites is 1. The second-order valence-electron chi connectivity index (χ2n) is 9.38. The molecule has 1 atom stereocenters. The molecule has 35 heavy (non-hydrogen) atoms. The van der Waals surface area contributed by atoms with Gasteiger partial charge in [0.25, 0.3) is 5.91 Å². The predicted octanol–water partition coefficient (Wildman–Crippen LogP) is 4.52. The third kappa shape index (κ3) is 4.22. The number of hydrogen-bond acceptors (Lipinski definition) is 6. The van der Waals surface area contributed by atoms with Crippen molar-refractivity contribution in [3.05, 3.63) is 64.8 Å². The second-order valence-corrected chi connectivity index (χ2v) is 9.38. The van der Waals surface area contributed by atoms with E-state index >= 15 is 0 Å². The highest BCUT2D eigenvalue weighted by Crippen LogP contribution is 2.39. The second kappa shape index (κ2) is 8.73. The molecule has 2 aromatic carbocycles. The third-order valence-electron chi connectivity index (χ3n) is 6.94. The summed E-state index contributed by atoms with van der Waals surface area (Å²) in [4.78, 5) is 30.5. The van der Waals surface area contributed by atoms with Crippen LogP contribution in [0, 0.1) is 5.92 Å². The van der Waals surface area contributed by atoms with Crippen LogP contribution in [0.15, 0.2) is 42.5 Å². The van der Waals surface area contributed by atoms with Crippen molar-refractivity contribution in [3.8, 4) is 11.5 Å². The largest absolute Gasteiger partial charge is 0.454 e. The molecule has 1 fully saturated rings. The lowest BCUT2D eigenvalue weighted by Gasteiger charge is -2.14. The highest BCUT2D eigenvalue weighted by molar-refractivity contribution is 6.07. The molecule has 0 radical (unpaired) electrons. The number of carbonyl (C=O) groups excluding carboxylic acids is 2. The van der Waals surface area contributed by atoms with Crippen LogP contribution in [0.4, 0.5) is 0 Å². The number of carbonyl (C=O) groups is 2. The summed E-state index contributed by atoms with van der Waals surface area (Å²) in [7, 11) is 0. The zero-order chi connectivity index (χ0) is 23.9. The van der Waals surface area contributed by atoms with E-state index in [9.17, 15) is 9.59 Å². The molecule has 178 valence electrons. The van der Waals surface area contributed by atoms with Crippen LogP contribution in [0.2, 0.25) is 0 Å². The molecule has 3 aromatic rings. The average molecular weight is 471 g/mol. The first-order chi connectivity index (χ1) is 17.1. The van der Waals surface area contributed by atoms with E-state index in [4.69, 9.17) is 19.2 Å². The highest BCUT2D eigenvalue weighted by atomic mass is 16.7. The van der Waals surface area contributed by atoms with Crippen molar-refractivity contribution in [2.24, 2.45) is 5.92 Å². The van der Waals surface area contributed by atoms with E-state index < -0.39 is 5.97 Å². The number of fused-ring (bicyclic) bond motifs is 3. The molecule has 1 amide bonds. The van der Waals surface area contributed by atoms with Gasteiger partial charge in [0, 0.05) is 11.4 Å². The van der Waals surface area contributed by atoms with Gasteiger partial charge in [0.15, 0.2) is 18.1 Å². The maximum absolute atomic E-state index is 13.3. The van der Waals surface area contributed by atoms with Crippen LogP contribution < -0.4 is 14.8 Å². The lowest BCUT2D eigenvalue weighted by atomic mass is 10.0. The Kier molecular flexibility index (Phi) is 5.40. The molecule has 3 aliphatic rings. The van der Waals surface area contributed by atoms with Crippen LogP contribution >= 0.6 is 0 Å². The van der Waals surface area contributed by atoms with Gasteiger partial charge in [-0.2, -0.15) is 0 Å². The zero-order valence-corrected chi connectivity index (χ0v) is 19.5. The van der Waals surface area contributed by atoms with Crippen molar-refractivity contribution < 1.29 is 23.8 Å². The fourth-order valence-electron chi connectivity index (χ4n) is 4.93. The number of allylic oxidation sites excluding steroid dienone is 1. The smallest absolute Gasteiger partial charge is 0.339 e. The molecule has 1 aliphatic heterocycles. The minimum absolute atomic E-state index is 0.107. The molecule has 1 unspecified atom stereocenters. The van der Waals surface area contributed by atoms with E-state index in [1.54, 1.807) is 0 Å². The van der Waals surface area contributed by atoms with Gasteiger partial charge in [-0.1, -0.05) is 24.3 Å². The van der Waals surface area contributed by atoms with Gasteiger partial charge in [-0.15, -0.1) is 0 Å². The fourth-order valence-corrected chi connectivity index (χ4v) is 4.93. The van der Waals surface area contributed by atoms with Crippen LogP contribution in [0.3, 0.4) is 0 Å². The van der Waals surface area contributed by atoms with E-state index in [1.165, 1.54) is 0 Å². The van der Waals surface area contributed by atoms with Gasteiger partial charge >= 0.3 is 5.97 Å². The van der Waals surface area contributed by atoms with Gasteiger partial charge in [-0.3, -0.25) is 4.79 Å². The summed E-state index contributed by atoms with van der Waals surface area (Å²) >= 11 is 0. The zero-order valence-electron chi connectivity index (χ0n) is 19.5. The molecular formula is C28H26N2O5. The minimum atomic E-state index is -0.488. The van der Waals surface area contributed by atoms with Crippen molar-refractivity contribution >= 4 is 34.4 Å². The predicted molar refractivity (Wildman–Crippen MR) is 131 cm³/mol. The van der Waals surface area contributed by atoms with Gasteiger partial charge in [0.05, 0.1) is 16.8 Å². The lowest BCUT2D eigenvalue weighted by molar-refractivity contribution is -0.124. The number of nitrogens with one attached hydrogen (secondary N) is 1. The maximum Gasteiger partial charge on any atom is 0.339 e. The number of hydrogen-bond donors (Lipinski definition) is 1. The molecule has 1 N–H and O–H groups in total. The van der Waals surface area contributed by atoms with E-state index in [0.29, 0.717) is 17.9 Å². The minimum Gasteiger partial charge on any atom is -0.454 e. The average Bonchev–Trinajstić information content (AvgIpc) is 3.50. The van der Waals surface area contributed by atoms with Gasteiger partial charge in [-0.25, -0.2) is 9.78 Å². The van der Waals surface area contributed by atoms with Crippen molar-refractivity contribution in [1.82, 2.24) is 10.3 Å². The van der Waals surface area contributed by atoms with Crippen molar-refractivity contribution in [1.29, 1.82) is 0 Å². The molecule has 2 aliphatic carbocycles. The van der Waals surface area contributed by atoms with E-state index in [0.717, 1.165) is 64.1 Å². The molecule has 0 bridgehead atoms. The Morgan fingerprint density at radius 2 is 1.97 bits per heavy atom. The molecular weight excluding hydrogens is 444 g/mol. The maximum atomic E-state index is 13.3. The molecule has 6 rings (SSSR count). The standard InChI is InChI=1S/C28H26N2O5/c1-16(18-7-8-18)29-25(31)14-33-28(32)26-20-4-2-3-5-22(20)30-27-19(9-10-21(26)27)12-17-6-11-23-24(13-17)35-15-34-23/h2-6,11-13,16,18H,7-10,14-15H2,1H3,(H,29,31)/b19-12+. The normalized spacial score (nSPS) is 17.9. The van der Waals surface area contributed by atoms with Crippen LogP contribution in [0.1, 0.15) is 53.4 Å². The quantitative estimate of drug-likeness (QED) is 0.533. The number of benzene rings is 2. The number of esters is 1. The van der Waals surface area contributed by atoms with Crippen LogP contribution in [-0.4, -0.2) is 36.3 Å². The molecule has 1 saturated carbocycles. The van der Waals surface area contributed by atoms with Gasteiger partial charge in [0.1, 0.15) is 0 Å². The third-order valence-corrected chi connectivity index (χ3v) is 6.94. The Morgan fingerprint density at radius 1 is 1.14 bits per heavy atom. The lowest BCUT2D eigenvalue weighted by Crippen LogP contribution is -2.37. The number of aromatic nitrogens is 1. The fraction of sp³-hybridized carbons (Fsp3) is 0.321. The van der Waals surface area contributed by atoms with E-state index in [2.05, 4.69) is 11.4 Å². The Morgan fingerprint density at radius 3 is 2.83 bits per heavy atom. The van der Waals surface area contributed by atoms with Crippen LogP contribution in [0.5, 0.6) is 11.5 Å². The van der Waals surface area contributed by atoms with Crippen LogP contribution in [0.25, 0.3) is 22.6 Å². The number of rotatable bonds is 6. The Balaban J connectivity index is 1.30. The number of ether oxygens (including phenoxy) is 3. The summed E-state index contributed by atoms with van der Waals surface area (Å²) < 4.78 is 16.4. The SMILES string of the molecule is CC(NC(=O)COC(=O)c1c2c(nc3ccccc13)/C(=C/c1ccc3c(c1)OCO3)CC2)C1CC1. The molecule has 7 heteroatoms. The molecule has 7 nitrogen and oxygen atoms in total. The number of pyridine rings is 1. The first-order valence-electron chi connectivity index (χ1n) is 12.1. The topological polar surface area (TPSA) is 86.8 Å². The first kappa shape index (κ1) is 21.6. The Labute approximate surface area is 203 Å². The summed E-state index contributed by atoms with van der Waals surface area (Å²) in [6.45, 7) is 1.94. The van der Waals surface area contributed by atoms with Crippen molar-refractivity contribution in [2.45, 2.75) is 38.6 Å². The summed E-state index contributed by atoms with van der Waals surface area (Å²) in [5.74, 6) is 1.25. The van der Waals surface area contributed by atoms with E-state index in [-0.39, 0.29) is 25.3 Å². The van der Waals surface area contributed by atoms with Crippen LogP contribution in [-0.2, 0) is 16.0 Å². The first-order valence-corrected chi connectivity index (χ1v) is 12.1. The Bertz CT molecular complexity index is 1380. The summed E-state index contributed by atoms with van der Waals surface area (Å²) in [5, 5.41) is 3.68. The van der Waals surface area contributed by atoms with Crippen molar-refractivity contribution in [3.63, 3.8) is 0 Å². The molecule has 2 heterocycles. The summed E-state index contributed by atoms with van der Waals surface area (Å²) in [6, 6.07) is 13.5. The number of amides is 1. The molecule has 1 aromatic heterocycles. The van der Waals surface area contributed by atoms with Gasteiger partial charge in [0.2, 0.25) is 6.79 Å². The summed E-state index contributed by atoms with van der Waals surface area (Å²) in [5.41, 5.74) is 4.94. The Hall–Kier alpha value is -3.87. The molecule has 0 spiro atoms. The monoisotopic (exact) mass is 470 g/mol. The number of nitrogens with zero attached hydrogens (tertiary/aromatic N) is 1.